The molecule has 2 rings (SSSR count). The number of hydrogen-bond acceptors (Lipinski definition) is 2. The minimum absolute atomic E-state index is 0.407. The Morgan fingerprint density at radius 3 is 2.71 bits per heavy atom. The van der Waals surface area contributed by atoms with E-state index in [0.717, 1.165) is 22.5 Å². The van der Waals surface area contributed by atoms with Crippen molar-refractivity contribution in [3.05, 3.63) is 20.8 Å². The SMILES string of the molecule is O=C(CCC1CCCCC1)Cc1ccc(Br)s1. The molecule has 17 heavy (non-hydrogen) atoms. The lowest BCUT2D eigenvalue weighted by Gasteiger charge is -2.20. The lowest BCUT2D eigenvalue weighted by Crippen LogP contribution is -2.09. The van der Waals surface area contributed by atoms with Crippen molar-refractivity contribution < 1.29 is 4.79 Å². The van der Waals surface area contributed by atoms with Gasteiger partial charge in [0.25, 0.3) is 0 Å². The van der Waals surface area contributed by atoms with Gasteiger partial charge in [0.2, 0.25) is 0 Å². The number of rotatable bonds is 5. The number of halogens is 1. The van der Waals surface area contributed by atoms with E-state index in [1.54, 1.807) is 11.3 Å². The molecule has 1 aliphatic carbocycles. The average molecular weight is 315 g/mol. The van der Waals surface area contributed by atoms with Gasteiger partial charge in [-0.3, -0.25) is 4.79 Å². The summed E-state index contributed by atoms with van der Waals surface area (Å²) < 4.78 is 1.12. The summed E-state index contributed by atoms with van der Waals surface area (Å²) in [7, 11) is 0. The molecule has 1 aliphatic rings. The van der Waals surface area contributed by atoms with Gasteiger partial charge in [0, 0.05) is 17.7 Å². The molecule has 0 spiro atoms. The molecule has 94 valence electrons. The van der Waals surface area contributed by atoms with E-state index in [1.165, 1.54) is 37.0 Å². The number of Topliss-reactive ketones (excluding diaryl/α,β-unsaturated/α-hetero) is 1. The molecular formula is C14H19BrOS. The molecule has 0 bridgehead atoms. The standard InChI is InChI=1S/C14H19BrOS/c15-14-9-8-13(17-14)10-12(16)7-6-11-4-2-1-3-5-11/h8-9,11H,1-7,10H2. The third-order valence-corrected chi connectivity index (χ3v) is 5.18. The van der Waals surface area contributed by atoms with Crippen LogP contribution in [0, 0.1) is 5.92 Å². The summed E-state index contributed by atoms with van der Waals surface area (Å²) in [6.45, 7) is 0. The molecule has 1 fully saturated rings. The Labute approximate surface area is 116 Å². The van der Waals surface area contributed by atoms with Crippen LogP contribution in [0.1, 0.15) is 49.8 Å². The Morgan fingerprint density at radius 2 is 2.06 bits per heavy atom. The summed E-state index contributed by atoms with van der Waals surface area (Å²) in [6, 6.07) is 4.07. The largest absolute Gasteiger partial charge is 0.299 e. The van der Waals surface area contributed by atoms with Crippen molar-refractivity contribution in [2.75, 3.05) is 0 Å². The molecule has 1 aromatic rings. The first-order chi connectivity index (χ1) is 8.24. The molecule has 0 saturated heterocycles. The fourth-order valence-electron chi connectivity index (χ4n) is 2.57. The third-order valence-electron chi connectivity index (χ3n) is 3.56. The highest BCUT2D eigenvalue weighted by atomic mass is 79.9. The zero-order chi connectivity index (χ0) is 12.1. The van der Waals surface area contributed by atoms with Crippen LogP contribution in [0.5, 0.6) is 0 Å². The van der Waals surface area contributed by atoms with Gasteiger partial charge in [0.1, 0.15) is 5.78 Å². The third kappa shape index (κ3) is 4.55. The van der Waals surface area contributed by atoms with Gasteiger partial charge in [0.05, 0.1) is 3.79 Å². The van der Waals surface area contributed by atoms with Crippen LogP contribution in [0.25, 0.3) is 0 Å². The van der Waals surface area contributed by atoms with E-state index in [2.05, 4.69) is 15.9 Å². The van der Waals surface area contributed by atoms with E-state index >= 15 is 0 Å². The van der Waals surface area contributed by atoms with Gasteiger partial charge in [-0.25, -0.2) is 0 Å². The zero-order valence-corrected chi connectivity index (χ0v) is 12.5. The minimum atomic E-state index is 0.407. The lowest BCUT2D eigenvalue weighted by molar-refractivity contribution is -0.118. The van der Waals surface area contributed by atoms with Gasteiger partial charge in [-0.05, 0) is 40.4 Å². The molecule has 1 nitrogen and oxygen atoms in total. The molecule has 0 radical (unpaired) electrons. The van der Waals surface area contributed by atoms with Crippen molar-refractivity contribution in [1.82, 2.24) is 0 Å². The molecule has 0 atom stereocenters. The van der Waals surface area contributed by atoms with Crippen LogP contribution in [0.15, 0.2) is 15.9 Å². The topological polar surface area (TPSA) is 17.1 Å². The summed E-state index contributed by atoms with van der Waals surface area (Å²) in [5.41, 5.74) is 0. The first kappa shape index (κ1) is 13.3. The second-order valence-electron chi connectivity index (χ2n) is 4.96. The van der Waals surface area contributed by atoms with Crippen LogP contribution in [0.3, 0.4) is 0 Å². The number of ketones is 1. The average Bonchev–Trinajstić information content (AvgIpc) is 2.73. The molecule has 0 unspecified atom stereocenters. The number of thiophene rings is 1. The van der Waals surface area contributed by atoms with E-state index in [1.807, 2.05) is 12.1 Å². The van der Waals surface area contributed by atoms with Crippen LogP contribution >= 0.6 is 27.3 Å². The van der Waals surface area contributed by atoms with Gasteiger partial charge in [-0.15, -0.1) is 11.3 Å². The Hall–Kier alpha value is -0.150. The lowest BCUT2D eigenvalue weighted by atomic mass is 9.85. The maximum atomic E-state index is 11.9. The van der Waals surface area contributed by atoms with Crippen molar-refractivity contribution in [3.8, 4) is 0 Å². The number of carbonyl (C=O) groups excluding carboxylic acids is 1. The van der Waals surface area contributed by atoms with E-state index in [9.17, 15) is 4.79 Å². The van der Waals surface area contributed by atoms with Crippen LogP contribution in [-0.4, -0.2) is 5.78 Å². The molecular weight excluding hydrogens is 296 g/mol. The second-order valence-corrected chi connectivity index (χ2v) is 7.51. The number of hydrogen-bond donors (Lipinski definition) is 0. The van der Waals surface area contributed by atoms with Gasteiger partial charge < -0.3 is 0 Å². The summed E-state index contributed by atoms with van der Waals surface area (Å²) in [5, 5.41) is 0. The Bertz CT molecular complexity index is 366. The first-order valence-electron chi connectivity index (χ1n) is 6.50. The predicted molar refractivity (Wildman–Crippen MR) is 76.5 cm³/mol. The zero-order valence-electron chi connectivity index (χ0n) is 10.1. The highest BCUT2D eigenvalue weighted by Gasteiger charge is 2.15. The van der Waals surface area contributed by atoms with Crippen molar-refractivity contribution >= 4 is 33.0 Å². The normalized spacial score (nSPS) is 17.2. The molecule has 0 N–H and O–H groups in total. The van der Waals surface area contributed by atoms with Crippen LogP contribution in [0.2, 0.25) is 0 Å². The van der Waals surface area contributed by atoms with Gasteiger partial charge in [-0.2, -0.15) is 0 Å². The predicted octanol–water partition coefficient (Wildman–Crippen LogP) is 4.98. The molecule has 1 aromatic heterocycles. The van der Waals surface area contributed by atoms with E-state index in [-0.39, 0.29) is 0 Å². The molecule has 0 amide bonds. The van der Waals surface area contributed by atoms with E-state index < -0.39 is 0 Å². The molecule has 3 heteroatoms. The minimum Gasteiger partial charge on any atom is -0.299 e. The van der Waals surface area contributed by atoms with Crippen molar-refractivity contribution in [2.45, 2.75) is 51.4 Å². The second kappa shape index (κ2) is 6.69. The highest BCUT2D eigenvalue weighted by molar-refractivity contribution is 9.11. The Morgan fingerprint density at radius 1 is 1.29 bits per heavy atom. The fourth-order valence-corrected chi connectivity index (χ4v) is 4.08. The Kier molecular flexibility index (Phi) is 5.23. The molecule has 0 aromatic carbocycles. The smallest absolute Gasteiger partial charge is 0.138 e. The van der Waals surface area contributed by atoms with Crippen molar-refractivity contribution in [3.63, 3.8) is 0 Å². The van der Waals surface area contributed by atoms with Crippen LogP contribution < -0.4 is 0 Å². The van der Waals surface area contributed by atoms with Crippen LogP contribution in [-0.2, 0) is 11.2 Å². The summed E-state index contributed by atoms with van der Waals surface area (Å²) in [4.78, 5) is 13.0. The van der Waals surface area contributed by atoms with E-state index in [4.69, 9.17) is 0 Å². The summed E-state index contributed by atoms with van der Waals surface area (Å²) in [5.74, 6) is 1.23. The maximum Gasteiger partial charge on any atom is 0.138 e. The van der Waals surface area contributed by atoms with Gasteiger partial charge >= 0.3 is 0 Å². The van der Waals surface area contributed by atoms with Gasteiger partial charge in [0.15, 0.2) is 0 Å². The van der Waals surface area contributed by atoms with Crippen molar-refractivity contribution in [1.29, 1.82) is 0 Å². The van der Waals surface area contributed by atoms with E-state index in [0.29, 0.717) is 12.2 Å². The molecule has 0 aliphatic heterocycles. The monoisotopic (exact) mass is 314 g/mol. The highest BCUT2D eigenvalue weighted by Crippen LogP contribution is 2.28. The Balaban J connectivity index is 1.70. The van der Waals surface area contributed by atoms with Gasteiger partial charge in [-0.1, -0.05) is 32.1 Å². The fraction of sp³-hybridized carbons (Fsp3) is 0.643. The van der Waals surface area contributed by atoms with Crippen molar-refractivity contribution in [2.24, 2.45) is 5.92 Å². The summed E-state index contributed by atoms with van der Waals surface area (Å²) in [6.07, 6.45) is 9.35. The quantitative estimate of drug-likeness (QED) is 0.748. The maximum absolute atomic E-state index is 11.9. The number of carbonyl (C=O) groups is 1. The summed E-state index contributed by atoms with van der Waals surface area (Å²) >= 11 is 5.10. The first-order valence-corrected chi connectivity index (χ1v) is 8.11. The molecule has 1 heterocycles. The molecule has 1 saturated carbocycles. The van der Waals surface area contributed by atoms with Crippen LogP contribution in [0.4, 0.5) is 0 Å².